The van der Waals surface area contributed by atoms with E-state index < -0.39 is 17.7 Å². The third kappa shape index (κ3) is 4.67. The Morgan fingerprint density at radius 1 is 0.897 bits per heavy atom. The van der Waals surface area contributed by atoms with Crippen molar-refractivity contribution in [2.75, 3.05) is 32.3 Å². The van der Waals surface area contributed by atoms with Crippen LogP contribution >= 0.6 is 0 Å². The smallest absolute Gasteiger partial charge is 0.300 e. The van der Waals surface area contributed by atoms with E-state index in [1.54, 1.807) is 61.7 Å². The fourth-order valence-electron chi connectivity index (χ4n) is 4.89. The van der Waals surface area contributed by atoms with Gasteiger partial charge in [0.15, 0.2) is 11.5 Å². The number of rotatable bonds is 5. The third-order valence-corrected chi connectivity index (χ3v) is 7.00. The number of nitrogens with zero attached hydrogens (tertiary/aromatic N) is 1. The van der Waals surface area contributed by atoms with Gasteiger partial charge < -0.3 is 24.1 Å². The molecular formula is C31H31NO7. The lowest BCUT2D eigenvalue weighted by atomic mass is 9.85. The van der Waals surface area contributed by atoms with Crippen molar-refractivity contribution in [1.29, 1.82) is 0 Å². The summed E-state index contributed by atoms with van der Waals surface area (Å²) in [6.07, 6.45) is 0. The molecule has 0 radical (unpaired) electrons. The summed E-state index contributed by atoms with van der Waals surface area (Å²) >= 11 is 0. The SMILES string of the molecule is COc1ccc(C2/C(=C(\O)c3cc(C(C)(C)C)ccc3OC)C(=O)C(=O)N2c2ccc3c(c2)OCCO3)cc1. The molecule has 1 saturated heterocycles. The van der Waals surface area contributed by atoms with Gasteiger partial charge in [-0.05, 0) is 52.9 Å². The van der Waals surface area contributed by atoms with Gasteiger partial charge in [-0.3, -0.25) is 14.5 Å². The molecule has 1 unspecified atom stereocenters. The number of methoxy groups -OCH3 is 2. The number of benzene rings is 3. The molecule has 8 heteroatoms. The van der Waals surface area contributed by atoms with Crippen LogP contribution in [-0.4, -0.2) is 44.2 Å². The molecule has 5 rings (SSSR count). The molecule has 202 valence electrons. The predicted octanol–water partition coefficient (Wildman–Crippen LogP) is 5.40. The van der Waals surface area contributed by atoms with Crippen molar-refractivity contribution in [1.82, 2.24) is 0 Å². The third-order valence-electron chi connectivity index (χ3n) is 7.00. The van der Waals surface area contributed by atoms with E-state index in [-0.39, 0.29) is 16.7 Å². The first-order valence-electron chi connectivity index (χ1n) is 12.7. The van der Waals surface area contributed by atoms with Crippen LogP contribution in [-0.2, 0) is 15.0 Å². The molecule has 8 nitrogen and oxygen atoms in total. The highest BCUT2D eigenvalue weighted by atomic mass is 16.6. The second-order valence-electron chi connectivity index (χ2n) is 10.4. The van der Waals surface area contributed by atoms with Gasteiger partial charge in [0.1, 0.15) is 30.5 Å². The quantitative estimate of drug-likeness (QED) is 0.269. The first-order valence-corrected chi connectivity index (χ1v) is 12.7. The first-order chi connectivity index (χ1) is 18.6. The highest BCUT2D eigenvalue weighted by Crippen LogP contribution is 2.46. The normalized spacial score (nSPS) is 18.3. The number of aliphatic hydroxyl groups is 1. The summed E-state index contributed by atoms with van der Waals surface area (Å²) in [5.74, 6) is 0.178. The highest BCUT2D eigenvalue weighted by molar-refractivity contribution is 6.51. The van der Waals surface area contributed by atoms with Gasteiger partial charge in [-0.1, -0.05) is 39.0 Å². The Morgan fingerprint density at radius 3 is 2.23 bits per heavy atom. The molecule has 1 amide bonds. The molecule has 1 atom stereocenters. The van der Waals surface area contributed by atoms with Crippen LogP contribution in [0.25, 0.3) is 5.76 Å². The zero-order valence-corrected chi connectivity index (χ0v) is 22.6. The van der Waals surface area contributed by atoms with Crippen LogP contribution in [0.5, 0.6) is 23.0 Å². The van der Waals surface area contributed by atoms with Crippen LogP contribution in [0.1, 0.15) is 43.5 Å². The van der Waals surface area contributed by atoms with Gasteiger partial charge in [0.05, 0.1) is 31.4 Å². The van der Waals surface area contributed by atoms with Crippen molar-refractivity contribution in [3.8, 4) is 23.0 Å². The minimum atomic E-state index is -0.915. The number of hydrogen-bond acceptors (Lipinski definition) is 7. The molecule has 0 aromatic heterocycles. The monoisotopic (exact) mass is 529 g/mol. The molecule has 2 aliphatic heterocycles. The Balaban J connectivity index is 1.73. The molecule has 3 aromatic rings. The summed E-state index contributed by atoms with van der Waals surface area (Å²) in [7, 11) is 3.06. The number of carbonyl (C=O) groups is 2. The van der Waals surface area contributed by atoms with E-state index in [9.17, 15) is 14.7 Å². The van der Waals surface area contributed by atoms with Gasteiger partial charge in [0, 0.05) is 11.8 Å². The average Bonchev–Trinajstić information content (AvgIpc) is 3.21. The summed E-state index contributed by atoms with van der Waals surface area (Å²) in [4.78, 5) is 28.6. The maximum Gasteiger partial charge on any atom is 0.300 e. The van der Waals surface area contributed by atoms with Crippen molar-refractivity contribution in [2.24, 2.45) is 0 Å². The van der Waals surface area contributed by atoms with Crippen LogP contribution < -0.4 is 23.8 Å². The molecule has 0 bridgehead atoms. The summed E-state index contributed by atoms with van der Waals surface area (Å²) in [6.45, 7) is 6.96. The maximum absolute atomic E-state index is 13.7. The van der Waals surface area contributed by atoms with Crippen molar-refractivity contribution in [3.63, 3.8) is 0 Å². The number of Topliss-reactive ketones (excluding diaryl/α,β-unsaturated/α-hetero) is 1. The second-order valence-corrected chi connectivity index (χ2v) is 10.4. The molecular weight excluding hydrogens is 498 g/mol. The van der Waals surface area contributed by atoms with Crippen LogP contribution in [0.15, 0.2) is 66.2 Å². The number of aliphatic hydroxyl groups excluding tert-OH is 1. The van der Waals surface area contributed by atoms with E-state index in [0.29, 0.717) is 53.0 Å². The number of amides is 1. The number of ketones is 1. The van der Waals surface area contributed by atoms with Crippen LogP contribution in [0.2, 0.25) is 0 Å². The lowest BCUT2D eigenvalue weighted by Gasteiger charge is -2.27. The van der Waals surface area contributed by atoms with Crippen molar-refractivity contribution < 1.29 is 33.6 Å². The number of ether oxygens (including phenoxy) is 4. The Bertz CT molecular complexity index is 1470. The molecule has 2 heterocycles. The molecule has 3 aromatic carbocycles. The second kappa shape index (κ2) is 10.0. The summed E-state index contributed by atoms with van der Waals surface area (Å²) < 4.78 is 22.2. The maximum atomic E-state index is 13.7. The standard InChI is InChI=1S/C31H31NO7/c1-31(2,3)19-8-12-23(37-5)22(16-19)28(33)26-27(18-6-10-21(36-4)11-7-18)32(30(35)29(26)34)20-9-13-24-25(17-20)39-15-14-38-24/h6-13,16-17,27,33H,14-15H2,1-5H3/b28-26+. The van der Waals surface area contributed by atoms with Crippen molar-refractivity contribution >= 4 is 23.1 Å². The van der Waals surface area contributed by atoms with Gasteiger partial charge in [-0.15, -0.1) is 0 Å². The Hall–Kier alpha value is -4.46. The molecule has 1 fully saturated rings. The van der Waals surface area contributed by atoms with E-state index in [2.05, 4.69) is 20.8 Å². The lowest BCUT2D eigenvalue weighted by molar-refractivity contribution is -0.132. The Morgan fingerprint density at radius 2 is 1.59 bits per heavy atom. The zero-order valence-electron chi connectivity index (χ0n) is 22.6. The summed E-state index contributed by atoms with van der Waals surface area (Å²) in [5.41, 5.74) is 2.07. The minimum absolute atomic E-state index is 0.0376. The highest BCUT2D eigenvalue weighted by Gasteiger charge is 2.47. The number of carbonyl (C=O) groups excluding carboxylic acids is 2. The largest absolute Gasteiger partial charge is 0.507 e. The average molecular weight is 530 g/mol. The van der Waals surface area contributed by atoms with Gasteiger partial charge in [0.2, 0.25) is 0 Å². The first kappa shape index (κ1) is 26.2. The van der Waals surface area contributed by atoms with E-state index in [1.807, 2.05) is 6.07 Å². The van der Waals surface area contributed by atoms with Gasteiger partial charge in [0.25, 0.3) is 11.7 Å². The minimum Gasteiger partial charge on any atom is -0.507 e. The Kier molecular flexibility index (Phi) is 6.72. The fourth-order valence-corrected chi connectivity index (χ4v) is 4.89. The van der Waals surface area contributed by atoms with E-state index in [4.69, 9.17) is 18.9 Å². The predicted molar refractivity (Wildman–Crippen MR) is 147 cm³/mol. The van der Waals surface area contributed by atoms with Gasteiger partial charge in [-0.25, -0.2) is 0 Å². The van der Waals surface area contributed by atoms with Gasteiger partial charge in [-0.2, -0.15) is 0 Å². The van der Waals surface area contributed by atoms with Crippen LogP contribution in [0, 0.1) is 0 Å². The van der Waals surface area contributed by atoms with E-state index >= 15 is 0 Å². The van der Waals surface area contributed by atoms with Crippen molar-refractivity contribution in [3.05, 3.63) is 82.9 Å². The lowest BCUT2D eigenvalue weighted by Crippen LogP contribution is -2.29. The van der Waals surface area contributed by atoms with Crippen LogP contribution in [0.3, 0.4) is 0 Å². The fraction of sp³-hybridized carbons (Fsp3) is 0.290. The molecule has 0 spiro atoms. The molecule has 0 saturated carbocycles. The van der Waals surface area contributed by atoms with Crippen LogP contribution in [0.4, 0.5) is 5.69 Å². The number of hydrogen-bond donors (Lipinski definition) is 1. The molecule has 39 heavy (non-hydrogen) atoms. The van der Waals surface area contributed by atoms with Gasteiger partial charge >= 0.3 is 0 Å². The summed E-state index contributed by atoms with van der Waals surface area (Å²) in [6, 6.07) is 16.7. The molecule has 2 aliphatic rings. The number of anilines is 1. The number of fused-ring (bicyclic) bond motifs is 1. The van der Waals surface area contributed by atoms with Crippen molar-refractivity contribution in [2.45, 2.75) is 32.2 Å². The Labute approximate surface area is 227 Å². The molecule has 1 N–H and O–H groups in total. The van der Waals surface area contributed by atoms with E-state index in [1.165, 1.54) is 12.0 Å². The molecule has 0 aliphatic carbocycles. The topological polar surface area (TPSA) is 94.5 Å². The van der Waals surface area contributed by atoms with E-state index in [0.717, 1.165) is 5.56 Å². The zero-order chi connectivity index (χ0) is 27.9. The summed E-state index contributed by atoms with van der Waals surface area (Å²) in [5, 5.41) is 11.7.